The third kappa shape index (κ3) is 5.07. The third-order valence-electron chi connectivity index (χ3n) is 3.95. The second kappa shape index (κ2) is 9.04. The van der Waals surface area contributed by atoms with Crippen LogP contribution < -0.4 is 14.8 Å². The van der Waals surface area contributed by atoms with Gasteiger partial charge in [0.1, 0.15) is 18.1 Å². The van der Waals surface area contributed by atoms with Crippen LogP contribution in [0, 0.1) is 18.3 Å². The summed E-state index contributed by atoms with van der Waals surface area (Å²) < 4.78 is 15.8. The Morgan fingerprint density at radius 1 is 1.33 bits per heavy atom. The number of carbonyl (C=O) groups is 1. The number of ether oxygens (including phenoxy) is 3. The van der Waals surface area contributed by atoms with Gasteiger partial charge in [-0.25, -0.2) is 4.79 Å². The SMILES string of the molecule is C#CCOCC1CCCN(C(=O)Nc2cc(OC)cc(OC)c2)C1. The van der Waals surface area contributed by atoms with Crippen molar-refractivity contribution in [1.82, 2.24) is 4.90 Å². The number of piperidine rings is 1. The summed E-state index contributed by atoms with van der Waals surface area (Å²) in [6, 6.07) is 5.15. The summed E-state index contributed by atoms with van der Waals surface area (Å²) in [5, 5.41) is 2.90. The van der Waals surface area contributed by atoms with Crippen molar-refractivity contribution in [3.05, 3.63) is 18.2 Å². The second-order valence-electron chi connectivity index (χ2n) is 5.71. The highest BCUT2D eigenvalue weighted by Crippen LogP contribution is 2.26. The lowest BCUT2D eigenvalue weighted by Gasteiger charge is -2.32. The largest absolute Gasteiger partial charge is 0.497 e. The molecule has 2 rings (SSSR count). The van der Waals surface area contributed by atoms with E-state index in [1.165, 1.54) is 0 Å². The summed E-state index contributed by atoms with van der Waals surface area (Å²) in [4.78, 5) is 14.3. The molecule has 1 aromatic rings. The van der Waals surface area contributed by atoms with Gasteiger partial charge in [0.25, 0.3) is 0 Å². The fourth-order valence-electron chi connectivity index (χ4n) is 2.75. The molecule has 1 heterocycles. The number of rotatable bonds is 6. The lowest BCUT2D eigenvalue weighted by molar-refractivity contribution is 0.0883. The van der Waals surface area contributed by atoms with Gasteiger partial charge in [0.2, 0.25) is 0 Å². The smallest absolute Gasteiger partial charge is 0.321 e. The minimum absolute atomic E-state index is 0.132. The Balaban J connectivity index is 1.95. The van der Waals surface area contributed by atoms with Gasteiger partial charge in [-0.1, -0.05) is 5.92 Å². The Hall–Kier alpha value is -2.39. The van der Waals surface area contributed by atoms with E-state index in [-0.39, 0.29) is 6.03 Å². The number of hydrogen-bond acceptors (Lipinski definition) is 4. The minimum atomic E-state index is -0.132. The van der Waals surface area contributed by atoms with Gasteiger partial charge >= 0.3 is 6.03 Å². The molecule has 0 radical (unpaired) electrons. The highest BCUT2D eigenvalue weighted by Gasteiger charge is 2.24. The van der Waals surface area contributed by atoms with Crippen LogP contribution in [0.1, 0.15) is 12.8 Å². The van der Waals surface area contributed by atoms with E-state index in [9.17, 15) is 4.79 Å². The third-order valence-corrected chi connectivity index (χ3v) is 3.95. The maximum absolute atomic E-state index is 12.5. The van der Waals surface area contributed by atoms with Crippen LogP contribution in [0.5, 0.6) is 11.5 Å². The lowest BCUT2D eigenvalue weighted by Crippen LogP contribution is -2.43. The van der Waals surface area contributed by atoms with E-state index in [0.717, 1.165) is 19.4 Å². The summed E-state index contributed by atoms with van der Waals surface area (Å²) in [6.45, 7) is 2.29. The molecule has 0 saturated carbocycles. The van der Waals surface area contributed by atoms with Gasteiger partial charge in [0.05, 0.1) is 20.8 Å². The van der Waals surface area contributed by atoms with Gasteiger partial charge in [-0.15, -0.1) is 6.42 Å². The fraction of sp³-hybridized carbons (Fsp3) is 0.500. The minimum Gasteiger partial charge on any atom is -0.497 e. The second-order valence-corrected chi connectivity index (χ2v) is 5.71. The van der Waals surface area contributed by atoms with E-state index in [1.807, 2.05) is 0 Å². The molecular weight excluding hydrogens is 308 g/mol. The number of terminal acetylenes is 1. The van der Waals surface area contributed by atoms with Crippen LogP contribution in [0.15, 0.2) is 18.2 Å². The number of nitrogens with one attached hydrogen (secondary N) is 1. The molecule has 1 aliphatic rings. The first kappa shape index (κ1) is 18.0. The maximum atomic E-state index is 12.5. The molecule has 1 saturated heterocycles. The number of nitrogens with zero attached hydrogens (tertiary/aromatic N) is 1. The predicted octanol–water partition coefficient (Wildman–Crippen LogP) is 2.60. The molecule has 1 aliphatic heterocycles. The lowest BCUT2D eigenvalue weighted by atomic mass is 9.99. The van der Waals surface area contributed by atoms with Crippen molar-refractivity contribution >= 4 is 11.7 Å². The molecule has 6 heteroatoms. The van der Waals surface area contributed by atoms with Gasteiger partial charge in [0.15, 0.2) is 0 Å². The first-order chi connectivity index (χ1) is 11.7. The summed E-state index contributed by atoms with van der Waals surface area (Å²) >= 11 is 0. The summed E-state index contributed by atoms with van der Waals surface area (Å²) in [7, 11) is 3.15. The van der Waals surface area contributed by atoms with Crippen molar-refractivity contribution in [1.29, 1.82) is 0 Å². The van der Waals surface area contributed by atoms with Crippen LogP contribution in [0.3, 0.4) is 0 Å². The highest BCUT2D eigenvalue weighted by atomic mass is 16.5. The molecule has 6 nitrogen and oxygen atoms in total. The average Bonchev–Trinajstić information content (AvgIpc) is 2.61. The van der Waals surface area contributed by atoms with Gasteiger partial charge < -0.3 is 24.4 Å². The zero-order valence-corrected chi connectivity index (χ0v) is 14.2. The Bertz CT molecular complexity index is 575. The van der Waals surface area contributed by atoms with Crippen molar-refractivity contribution in [2.45, 2.75) is 12.8 Å². The molecule has 0 aromatic heterocycles. The topological polar surface area (TPSA) is 60.0 Å². The molecular formula is C18H24N2O4. The quantitative estimate of drug-likeness (QED) is 0.642. The Kier molecular flexibility index (Phi) is 6.76. The Morgan fingerprint density at radius 2 is 2.04 bits per heavy atom. The van der Waals surface area contributed by atoms with Crippen LogP contribution in [0.25, 0.3) is 0 Å². The van der Waals surface area contributed by atoms with Gasteiger partial charge in [-0.05, 0) is 12.8 Å². The molecule has 1 fully saturated rings. The van der Waals surface area contributed by atoms with Crippen molar-refractivity contribution < 1.29 is 19.0 Å². The number of amides is 2. The average molecular weight is 332 g/mol. The molecule has 1 N–H and O–H groups in total. The number of likely N-dealkylation sites (tertiary alicyclic amines) is 1. The molecule has 24 heavy (non-hydrogen) atoms. The number of urea groups is 1. The summed E-state index contributed by atoms with van der Waals surface area (Å²) in [5.41, 5.74) is 0.641. The highest BCUT2D eigenvalue weighted by molar-refractivity contribution is 5.89. The number of benzene rings is 1. The van der Waals surface area contributed by atoms with E-state index in [0.29, 0.717) is 42.9 Å². The Labute approximate surface area is 143 Å². The first-order valence-electron chi connectivity index (χ1n) is 7.96. The zero-order valence-electron chi connectivity index (χ0n) is 14.2. The predicted molar refractivity (Wildman–Crippen MR) is 92.5 cm³/mol. The first-order valence-corrected chi connectivity index (χ1v) is 7.96. The number of methoxy groups -OCH3 is 2. The summed E-state index contributed by atoms with van der Waals surface area (Å²) in [5.74, 6) is 4.03. The monoisotopic (exact) mass is 332 g/mol. The zero-order chi connectivity index (χ0) is 17.4. The van der Waals surface area contributed by atoms with Crippen LogP contribution in [0.2, 0.25) is 0 Å². The Morgan fingerprint density at radius 3 is 2.67 bits per heavy atom. The van der Waals surface area contributed by atoms with E-state index in [2.05, 4.69) is 11.2 Å². The molecule has 1 aromatic carbocycles. The van der Waals surface area contributed by atoms with Crippen LogP contribution >= 0.6 is 0 Å². The van der Waals surface area contributed by atoms with Crippen molar-refractivity contribution in [2.75, 3.05) is 45.8 Å². The molecule has 0 aliphatic carbocycles. The fourth-order valence-corrected chi connectivity index (χ4v) is 2.75. The van der Waals surface area contributed by atoms with Gasteiger partial charge in [0, 0.05) is 42.9 Å². The number of carbonyl (C=O) groups excluding carboxylic acids is 1. The molecule has 1 unspecified atom stereocenters. The van der Waals surface area contributed by atoms with Gasteiger partial charge in [-0.2, -0.15) is 0 Å². The molecule has 0 bridgehead atoms. The standard InChI is InChI=1S/C18H24N2O4/c1-4-8-24-13-14-6-5-7-20(12-14)18(21)19-15-9-16(22-2)11-17(10-15)23-3/h1,9-11,14H,5-8,12-13H2,2-3H3,(H,19,21). The number of hydrogen-bond donors (Lipinski definition) is 1. The van der Waals surface area contributed by atoms with E-state index in [1.54, 1.807) is 37.3 Å². The normalized spacial score (nSPS) is 17.0. The van der Waals surface area contributed by atoms with Crippen LogP contribution in [-0.4, -0.2) is 51.5 Å². The summed E-state index contributed by atoms with van der Waals surface area (Å²) in [6.07, 6.45) is 7.18. The molecule has 130 valence electrons. The van der Waals surface area contributed by atoms with Crippen LogP contribution in [-0.2, 0) is 4.74 Å². The molecule has 2 amide bonds. The van der Waals surface area contributed by atoms with E-state index in [4.69, 9.17) is 20.6 Å². The number of anilines is 1. The molecule has 1 atom stereocenters. The van der Waals surface area contributed by atoms with Gasteiger partial charge in [-0.3, -0.25) is 0 Å². The molecule has 0 spiro atoms. The maximum Gasteiger partial charge on any atom is 0.321 e. The van der Waals surface area contributed by atoms with Crippen LogP contribution in [0.4, 0.5) is 10.5 Å². The van der Waals surface area contributed by atoms with E-state index >= 15 is 0 Å². The van der Waals surface area contributed by atoms with E-state index < -0.39 is 0 Å². The van der Waals surface area contributed by atoms with Crippen molar-refractivity contribution in [3.8, 4) is 23.8 Å². The van der Waals surface area contributed by atoms with Crippen molar-refractivity contribution in [2.24, 2.45) is 5.92 Å². The van der Waals surface area contributed by atoms with Crippen molar-refractivity contribution in [3.63, 3.8) is 0 Å².